The van der Waals surface area contributed by atoms with Gasteiger partial charge in [-0.1, -0.05) is 6.92 Å². The summed E-state index contributed by atoms with van der Waals surface area (Å²) >= 11 is 1.77. The molecule has 2 N–H and O–H groups in total. The monoisotopic (exact) mass is 196 g/mol. The zero-order valence-electron chi connectivity index (χ0n) is 8.05. The summed E-state index contributed by atoms with van der Waals surface area (Å²) in [5, 5.41) is 3.42. The third-order valence-electron chi connectivity index (χ3n) is 2.67. The Hall–Kier alpha value is -0.410. The molecule has 3 heteroatoms. The lowest BCUT2D eigenvalue weighted by molar-refractivity contribution is 0.604. The molecule has 1 fully saturated rings. The van der Waals surface area contributed by atoms with Gasteiger partial charge in [-0.2, -0.15) is 0 Å². The minimum Gasteiger partial charge on any atom is -0.325 e. The van der Waals surface area contributed by atoms with E-state index in [9.17, 15) is 0 Å². The van der Waals surface area contributed by atoms with Gasteiger partial charge in [0.05, 0.1) is 10.7 Å². The lowest BCUT2D eigenvalue weighted by Gasteiger charge is -2.05. The Morgan fingerprint density at radius 1 is 1.62 bits per heavy atom. The van der Waals surface area contributed by atoms with Gasteiger partial charge < -0.3 is 5.73 Å². The first kappa shape index (κ1) is 9.16. The van der Waals surface area contributed by atoms with Crippen molar-refractivity contribution >= 4 is 11.3 Å². The highest BCUT2D eigenvalue weighted by atomic mass is 32.1. The average Bonchev–Trinajstić information content (AvgIpc) is 2.69. The molecule has 0 atom stereocenters. The second-order valence-corrected chi connectivity index (χ2v) is 4.89. The van der Waals surface area contributed by atoms with Gasteiger partial charge in [0, 0.05) is 10.9 Å². The average molecular weight is 196 g/mol. The summed E-state index contributed by atoms with van der Waals surface area (Å²) in [5.74, 6) is 0. The normalized spacial score (nSPS) is 18.9. The Morgan fingerprint density at radius 2 is 2.38 bits per heavy atom. The van der Waals surface area contributed by atoms with Gasteiger partial charge in [0.15, 0.2) is 0 Å². The molecule has 1 heterocycles. The van der Waals surface area contributed by atoms with Crippen LogP contribution in [0.4, 0.5) is 0 Å². The maximum absolute atomic E-state index is 6.01. The molecule has 2 nitrogen and oxygen atoms in total. The van der Waals surface area contributed by atoms with E-state index in [0.717, 1.165) is 19.3 Å². The van der Waals surface area contributed by atoms with E-state index in [0.29, 0.717) is 0 Å². The zero-order valence-corrected chi connectivity index (χ0v) is 8.86. The van der Waals surface area contributed by atoms with Crippen LogP contribution in [0.5, 0.6) is 0 Å². The van der Waals surface area contributed by atoms with E-state index < -0.39 is 0 Å². The standard InChI is InChI=1S/C10H16N2S/c1-2-9-12-8(7-13-9)3-4-10(11)5-6-10/h7H,2-6,11H2,1H3. The van der Waals surface area contributed by atoms with Crippen LogP contribution in [0, 0.1) is 0 Å². The molecule has 0 radical (unpaired) electrons. The van der Waals surface area contributed by atoms with E-state index >= 15 is 0 Å². The molecule has 1 aromatic rings. The molecule has 0 aliphatic heterocycles. The largest absolute Gasteiger partial charge is 0.325 e. The highest BCUT2D eigenvalue weighted by Gasteiger charge is 2.37. The van der Waals surface area contributed by atoms with Gasteiger partial charge in [-0.05, 0) is 32.1 Å². The minimum atomic E-state index is 0.177. The smallest absolute Gasteiger partial charge is 0.0925 e. The second-order valence-electron chi connectivity index (χ2n) is 3.95. The number of rotatable bonds is 4. The fourth-order valence-electron chi connectivity index (χ4n) is 1.41. The van der Waals surface area contributed by atoms with Gasteiger partial charge in [0.1, 0.15) is 0 Å². The van der Waals surface area contributed by atoms with E-state index in [1.165, 1.54) is 23.5 Å². The third kappa shape index (κ3) is 2.29. The van der Waals surface area contributed by atoms with Crippen LogP contribution in [0.25, 0.3) is 0 Å². The number of nitrogens with two attached hydrogens (primary N) is 1. The van der Waals surface area contributed by atoms with Crippen LogP contribution in [-0.2, 0) is 12.8 Å². The molecule has 72 valence electrons. The van der Waals surface area contributed by atoms with Crippen LogP contribution < -0.4 is 5.73 Å². The Morgan fingerprint density at radius 3 is 2.92 bits per heavy atom. The van der Waals surface area contributed by atoms with Crippen molar-refractivity contribution < 1.29 is 0 Å². The van der Waals surface area contributed by atoms with Gasteiger partial charge in [-0.3, -0.25) is 0 Å². The highest BCUT2D eigenvalue weighted by Crippen LogP contribution is 2.36. The Labute approximate surface area is 83.2 Å². The lowest BCUT2D eigenvalue weighted by Crippen LogP contribution is -2.22. The molecule has 1 saturated carbocycles. The van der Waals surface area contributed by atoms with E-state index in [4.69, 9.17) is 5.73 Å². The van der Waals surface area contributed by atoms with Crippen LogP contribution in [0.1, 0.15) is 36.9 Å². The summed E-state index contributed by atoms with van der Waals surface area (Å²) in [6, 6.07) is 0. The molecule has 1 aliphatic carbocycles. The predicted molar refractivity (Wildman–Crippen MR) is 56.0 cm³/mol. The molecule has 0 spiro atoms. The summed E-state index contributed by atoms with van der Waals surface area (Å²) in [4.78, 5) is 4.52. The first-order valence-electron chi connectivity index (χ1n) is 4.94. The molecule has 2 rings (SSSR count). The molecular formula is C10H16N2S. The Kier molecular flexibility index (Phi) is 2.39. The van der Waals surface area contributed by atoms with Crippen LogP contribution in [0.3, 0.4) is 0 Å². The molecule has 13 heavy (non-hydrogen) atoms. The highest BCUT2D eigenvalue weighted by molar-refractivity contribution is 7.09. The van der Waals surface area contributed by atoms with Gasteiger partial charge in [0.2, 0.25) is 0 Å². The summed E-state index contributed by atoms with van der Waals surface area (Å²) in [6.45, 7) is 2.15. The topological polar surface area (TPSA) is 38.9 Å². The second kappa shape index (κ2) is 3.39. The molecule has 0 aromatic carbocycles. The van der Waals surface area contributed by atoms with Crippen molar-refractivity contribution in [2.24, 2.45) is 5.73 Å². The van der Waals surface area contributed by atoms with Gasteiger partial charge in [-0.25, -0.2) is 4.98 Å². The number of aromatic nitrogens is 1. The van der Waals surface area contributed by atoms with Crippen LogP contribution in [0.2, 0.25) is 0 Å². The van der Waals surface area contributed by atoms with Crippen molar-refractivity contribution in [2.45, 2.75) is 44.6 Å². The summed E-state index contributed by atoms with van der Waals surface area (Å²) in [5.41, 5.74) is 7.42. The first-order valence-corrected chi connectivity index (χ1v) is 5.82. The molecular weight excluding hydrogens is 180 g/mol. The van der Waals surface area contributed by atoms with Crippen molar-refractivity contribution in [3.8, 4) is 0 Å². The van der Waals surface area contributed by atoms with Gasteiger partial charge in [-0.15, -0.1) is 11.3 Å². The third-order valence-corrected chi connectivity index (χ3v) is 3.71. The molecule has 1 aliphatic rings. The fraction of sp³-hybridized carbons (Fsp3) is 0.700. The summed E-state index contributed by atoms with van der Waals surface area (Å²) in [6.07, 6.45) is 5.64. The first-order chi connectivity index (χ1) is 6.22. The summed E-state index contributed by atoms with van der Waals surface area (Å²) in [7, 11) is 0. The Balaban J connectivity index is 1.87. The van der Waals surface area contributed by atoms with E-state index in [1.54, 1.807) is 11.3 Å². The Bertz CT molecular complexity index is 289. The number of hydrogen-bond acceptors (Lipinski definition) is 3. The van der Waals surface area contributed by atoms with Crippen LogP contribution in [0.15, 0.2) is 5.38 Å². The molecule has 0 amide bonds. The van der Waals surface area contributed by atoms with Crippen molar-refractivity contribution in [3.63, 3.8) is 0 Å². The lowest BCUT2D eigenvalue weighted by atomic mass is 10.1. The van der Waals surface area contributed by atoms with E-state index in [1.807, 2.05) is 0 Å². The maximum atomic E-state index is 6.01. The van der Waals surface area contributed by atoms with Gasteiger partial charge >= 0.3 is 0 Å². The van der Waals surface area contributed by atoms with Crippen molar-refractivity contribution in [1.29, 1.82) is 0 Å². The SMILES string of the molecule is CCc1nc(CCC2(N)CC2)cs1. The molecule has 0 bridgehead atoms. The van der Waals surface area contributed by atoms with Crippen molar-refractivity contribution in [3.05, 3.63) is 16.1 Å². The number of aryl methyl sites for hydroxylation is 2. The number of nitrogens with zero attached hydrogens (tertiary/aromatic N) is 1. The molecule has 0 unspecified atom stereocenters. The number of hydrogen-bond donors (Lipinski definition) is 1. The van der Waals surface area contributed by atoms with Crippen LogP contribution >= 0.6 is 11.3 Å². The van der Waals surface area contributed by atoms with E-state index in [-0.39, 0.29) is 5.54 Å². The van der Waals surface area contributed by atoms with Crippen LogP contribution in [-0.4, -0.2) is 10.5 Å². The predicted octanol–water partition coefficient (Wildman–Crippen LogP) is 2.13. The molecule has 0 saturated heterocycles. The number of thiazole rings is 1. The van der Waals surface area contributed by atoms with Gasteiger partial charge in [0.25, 0.3) is 0 Å². The summed E-state index contributed by atoms with van der Waals surface area (Å²) < 4.78 is 0. The van der Waals surface area contributed by atoms with Crippen molar-refractivity contribution in [2.75, 3.05) is 0 Å². The quantitative estimate of drug-likeness (QED) is 0.801. The maximum Gasteiger partial charge on any atom is 0.0925 e. The molecule has 1 aromatic heterocycles. The minimum absolute atomic E-state index is 0.177. The fourth-order valence-corrected chi connectivity index (χ4v) is 2.19. The zero-order chi connectivity index (χ0) is 9.31. The van der Waals surface area contributed by atoms with E-state index in [2.05, 4.69) is 17.3 Å². The van der Waals surface area contributed by atoms with Crippen molar-refractivity contribution in [1.82, 2.24) is 4.98 Å².